The normalized spacial score (nSPS) is 43.3. The fraction of sp³-hybridized carbons (Fsp3) is 0.857. The molecule has 7 rings (SSSR count). The van der Waals surface area contributed by atoms with Gasteiger partial charge in [-0.15, -0.1) is 25.3 Å². The Bertz CT molecular complexity index is 1760. The molecule has 36 heteroatoms. The standard InChI is InChI=1S/C13H24O8S.C12H16O4S.C7H14O4S.C6H11BrO4.C6H12O4S.CHI3.CH2I2.CH3I.CH4.CH3.V/c1-5-10(18)9(4-15)21-13(11(5)19)22-12-7(17)2-6(16)8(3-14)20-12;13-7-11-9(14)6-10(15)12(16-11)17-8-4-2-1-3-5-8;1-3-5(9)4(2-8)11-7(12)6(3)10;7-6-4(10)1-3(9)5(2-8)11-6;7-2-5-3(8)1-4(9)6(11)10-5;2-1(3)4;2-1-3;1-2;;;/h5-19H,2-4H2,1H3;1-5,9-15H,6-7H2;3-10,12H,2H2,1H3;3-6,8-10H,1-2H2;3-9,11H,1-2H2;1H;1H2;1H3;1H4;1H3;/q;;;;;;;;;-1;/t5-,6?,7+,8+,9?,10+,11?,12?,13-;9-,10?,11?,12+;3-,4?,5+,6?,7-;2*3-,4?,5?,6+;;;;;;/m01011....../s1/i2D;6D;;2*1D;;;;;;/t2?,5-,6?,7+,8+,9?,10+,11?,12?,13-;6-,9+,10?,11?,12-;m;2*1-,3+,4?,5?,6-;;;;;;/m00000....... The zero-order chi connectivity index (χ0) is 66.6. The second-order valence-electron chi connectivity index (χ2n) is 17.7. The summed E-state index contributed by atoms with van der Waals surface area (Å²) in [5.41, 5.74) is -3.99. The number of alkyl halides is 7. The van der Waals surface area contributed by atoms with Gasteiger partial charge in [-0.3, -0.25) is 0 Å². The fourth-order valence-corrected chi connectivity index (χ4v) is 10.7. The molecule has 6 aliphatic heterocycles. The van der Waals surface area contributed by atoms with E-state index < -0.39 is 187 Å². The van der Waals surface area contributed by atoms with E-state index in [1.807, 2.05) is 35.3 Å². The van der Waals surface area contributed by atoms with E-state index in [2.05, 4.69) is 177 Å². The molecule has 24 nitrogen and oxygen atoms in total. The van der Waals surface area contributed by atoms with E-state index >= 15 is 0 Å². The van der Waals surface area contributed by atoms with Crippen LogP contribution in [0.25, 0.3) is 0 Å². The van der Waals surface area contributed by atoms with Crippen LogP contribution >= 0.6 is 200 Å². The number of hydrogen-bond donors (Lipinski definition) is 20. The minimum Gasteiger partial charge on any atom is -0.394 e. The molecule has 6 saturated heterocycles. The first-order valence-corrected chi connectivity index (χ1v) is 37.3. The zero-order valence-corrected chi connectivity index (χ0v) is 64.9. The molecule has 0 bridgehead atoms. The molecule has 1 aromatic carbocycles. The smallest absolute Gasteiger partial charge is 0.138 e. The number of benzene rings is 1. The molecule has 0 spiro atoms. The Kier molecular flexibility index (Phi) is 56.0. The minimum absolute atomic E-state index is 0. The maximum atomic E-state index is 10.2. The number of ether oxygens (including phenoxy) is 6. The third-order valence-corrected chi connectivity index (χ3v) is 16.0. The summed E-state index contributed by atoms with van der Waals surface area (Å²) in [5.74, 6) is -0.886. The maximum Gasteiger partial charge on any atom is 0.138 e. The summed E-state index contributed by atoms with van der Waals surface area (Å²) in [4.78, 5) is 2.87. The van der Waals surface area contributed by atoms with Gasteiger partial charge in [-0.25, -0.2) is 0 Å². The minimum atomic E-state index is -1.34. The topological polar surface area (TPSA) is 420 Å². The molecule has 6 fully saturated rings. The van der Waals surface area contributed by atoms with Gasteiger partial charge in [0, 0.05) is 66.4 Å². The van der Waals surface area contributed by atoms with Crippen LogP contribution in [0, 0.1) is 19.3 Å². The van der Waals surface area contributed by atoms with Crippen molar-refractivity contribution in [3.05, 3.63) is 37.8 Å². The van der Waals surface area contributed by atoms with Crippen LogP contribution in [0.1, 0.15) is 52.3 Å². The van der Waals surface area contributed by atoms with E-state index in [0.717, 1.165) is 16.6 Å². The van der Waals surface area contributed by atoms with Gasteiger partial charge in [0.15, 0.2) is 0 Å². The Labute approximate surface area is 627 Å². The molecule has 6 heterocycles. The summed E-state index contributed by atoms with van der Waals surface area (Å²) < 4.78 is 63.3. The van der Waals surface area contributed by atoms with Crippen molar-refractivity contribution in [2.75, 3.05) is 47.0 Å². The van der Waals surface area contributed by atoms with Gasteiger partial charge >= 0.3 is 0 Å². The summed E-state index contributed by atoms with van der Waals surface area (Å²) >= 11 is 26.6. The van der Waals surface area contributed by atoms with Gasteiger partial charge in [0.1, 0.15) is 68.8 Å². The first kappa shape index (κ1) is 88.1. The number of hydrogen-bond acceptors (Lipinski definition) is 28. The number of aliphatic hydroxyl groups excluding tert-OH is 18. The third kappa shape index (κ3) is 36.0. The average molecular weight is 2090 g/mol. The average Bonchev–Trinajstić information content (AvgIpc) is 1.80. The molecule has 18 N–H and O–H groups in total. The largest absolute Gasteiger partial charge is 0.394 e. The molecule has 0 aromatic heterocycles. The van der Waals surface area contributed by atoms with Crippen LogP contribution in [0.4, 0.5) is 0 Å². The van der Waals surface area contributed by atoms with E-state index in [4.69, 9.17) is 54.3 Å². The molecule has 30 atom stereocenters. The van der Waals surface area contributed by atoms with Gasteiger partial charge in [0.05, 0.1) is 115 Å². The molecule has 509 valence electrons. The monoisotopic (exact) mass is 2090 g/mol. The number of thioether (sulfide) groups is 2. The Balaban J connectivity index is -0.000000497. The van der Waals surface area contributed by atoms with Gasteiger partial charge in [-0.05, 0) is 17.1 Å². The third-order valence-electron chi connectivity index (χ3n) is 11.9. The van der Waals surface area contributed by atoms with Crippen molar-refractivity contribution >= 4 is 200 Å². The van der Waals surface area contributed by atoms with Crippen LogP contribution in [-0.4, -0.2) is 281 Å². The molecule has 1 aromatic rings. The number of rotatable bonds is 10. The van der Waals surface area contributed by atoms with Crippen molar-refractivity contribution in [2.24, 2.45) is 11.8 Å². The molecular formula is C49H90BrI6O24S4V-. The molecule has 0 amide bonds. The molecule has 0 aliphatic carbocycles. The molecule has 85 heavy (non-hydrogen) atoms. The Morgan fingerprint density at radius 1 is 0.506 bits per heavy atom. The van der Waals surface area contributed by atoms with Crippen LogP contribution in [-0.2, 0) is 47.0 Å². The molecular weight excluding hydrogens is 1990 g/mol. The van der Waals surface area contributed by atoms with E-state index in [1.54, 1.807) is 13.8 Å². The molecule has 6 aliphatic rings. The predicted octanol–water partition coefficient (Wildman–Crippen LogP) is 1.70. The SMILES string of the molecule is C.CI.C[C@@H]1C(O)[C@H](S)OC(CO)[C@@H]1O.IC(I)I.ICI.[2H]C1C(O)[C@@H](CO)OC(S[C@@H]2OC(CO)[C@H](O)[C@H](C)C2O)[C@@H]1O.[2H][C@@H]1C(O)[C@@H](Br)OC(CO)[C@@H]1O.[2H][C@@H]1C(O)[C@H](S)OC(CO)[C@@H]1O.[2H][C@@H]1C(O)[C@H](Sc2ccccc2)OC(CO)[C@@H]1O.[CH3-].[V]. The van der Waals surface area contributed by atoms with Crippen LogP contribution in [0.5, 0.6) is 0 Å². The molecule has 1 radical (unpaired) electrons. The van der Waals surface area contributed by atoms with E-state index in [-0.39, 0.29) is 65.8 Å². The van der Waals surface area contributed by atoms with Gasteiger partial charge < -0.3 is 128 Å². The fourth-order valence-electron chi connectivity index (χ4n) is 7.26. The van der Waals surface area contributed by atoms with Crippen molar-refractivity contribution in [2.45, 2.75) is 194 Å². The second kappa shape index (κ2) is 54.1. The molecule has 13 unspecified atom stereocenters. The van der Waals surface area contributed by atoms with Gasteiger partial charge in [-0.1, -0.05) is 214 Å². The van der Waals surface area contributed by atoms with Gasteiger partial charge in [0.25, 0.3) is 0 Å². The van der Waals surface area contributed by atoms with E-state index in [0.29, 0.717) is 0 Å². The first-order valence-electron chi connectivity index (χ1n) is 26.9. The van der Waals surface area contributed by atoms with Crippen LogP contribution < -0.4 is 0 Å². The summed E-state index contributed by atoms with van der Waals surface area (Å²) in [7, 11) is 0. The number of halogens is 7. The molecule has 0 saturated carbocycles. The van der Waals surface area contributed by atoms with E-state index in [9.17, 15) is 71.5 Å². The zero-order valence-electron chi connectivity index (χ0n) is 49.5. The number of aliphatic hydroxyl groups is 18. The maximum absolute atomic E-state index is 10.2. The van der Waals surface area contributed by atoms with Gasteiger partial charge in [0.2, 0.25) is 0 Å². The van der Waals surface area contributed by atoms with Crippen molar-refractivity contribution in [3.63, 3.8) is 0 Å². The summed E-state index contributed by atoms with van der Waals surface area (Å²) in [6.07, 6.45) is -22.5. The van der Waals surface area contributed by atoms with Crippen LogP contribution in [0.15, 0.2) is 35.2 Å². The van der Waals surface area contributed by atoms with Crippen molar-refractivity contribution in [1.82, 2.24) is 0 Å². The predicted molar refractivity (Wildman–Crippen MR) is 382 cm³/mol. The Morgan fingerprint density at radius 3 is 1.25 bits per heavy atom. The Hall–Kier alpha value is 5.10. The van der Waals surface area contributed by atoms with E-state index in [1.165, 1.54) is 14.2 Å². The summed E-state index contributed by atoms with van der Waals surface area (Å²) in [6.45, 7) is 1.02. The summed E-state index contributed by atoms with van der Waals surface area (Å²) in [6, 6.07) is 9.37. The second-order valence-corrected chi connectivity index (χ2v) is 37.3. The Morgan fingerprint density at radius 2 is 0.824 bits per heavy atom. The van der Waals surface area contributed by atoms with Crippen molar-refractivity contribution in [3.8, 4) is 0 Å². The quantitative estimate of drug-likeness (QED) is 0.0686. The van der Waals surface area contributed by atoms with Crippen LogP contribution in [0.3, 0.4) is 0 Å². The van der Waals surface area contributed by atoms with Crippen molar-refractivity contribution in [1.29, 1.82) is 0 Å². The number of thiol groups is 2. The van der Waals surface area contributed by atoms with Crippen molar-refractivity contribution < 1.29 is 144 Å². The van der Waals surface area contributed by atoms with Gasteiger partial charge in [-0.2, -0.15) is 0 Å². The first-order chi connectivity index (χ1) is 40.3. The summed E-state index contributed by atoms with van der Waals surface area (Å²) in [5, 5.41) is 168. The van der Waals surface area contributed by atoms with Crippen LogP contribution in [0.2, 0.25) is 0 Å².